The van der Waals surface area contributed by atoms with Crippen molar-refractivity contribution in [3.8, 4) is 5.75 Å². The predicted octanol–water partition coefficient (Wildman–Crippen LogP) is 3.28. The zero-order valence-electron chi connectivity index (χ0n) is 10.5. The molecule has 0 heterocycles. The Morgan fingerprint density at radius 3 is 2.63 bits per heavy atom. The molecule has 0 unspecified atom stereocenters. The van der Waals surface area contributed by atoms with Gasteiger partial charge in [-0.05, 0) is 30.3 Å². The number of hydrogen-bond acceptors (Lipinski definition) is 2. The molecule has 2 aromatic carbocycles. The van der Waals surface area contributed by atoms with Crippen molar-refractivity contribution in [3.05, 3.63) is 64.7 Å². The van der Waals surface area contributed by atoms with Gasteiger partial charge in [-0.15, -0.1) is 0 Å². The molecule has 0 aliphatic rings. The Labute approximate surface area is 117 Å². The molecule has 2 aromatic rings. The summed E-state index contributed by atoms with van der Waals surface area (Å²) < 4.78 is 5.23. The Hall–Kier alpha value is -2.00. The molecule has 0 aliphatic carbocycles. The van der Waals surface area contributed by atoms with Crippen LogP contribution in [0.1, 0.15) is 15.9 Å². The third-order valence-corrected chi connectivity index (χ3v) is 2.95. The van der Waals surface area contributed by atoms with E-state index in [9.17, 15) is 4.79 Å². The van der Waals surface area contributed by atoms with E-state index in [-0.39, 0.29) is 5.91 Å². The lowest BCUT2D eigenvalue weighted by atomic mass is 10.1. The van der Waals surface area contributed by atoms with Gasteiger partial charge >= 0.3 is 0 Å². The maximum absolute atomic E-state index is 11.9. The van der Waals surface area contributed by atoms with E-state index in [0.29, 0.717) is 22.9 Å². The number of rotatable bonds is 4. The number of methoxy groups -OCH3 is 1. The number of carbonyl (C=O) groups is 1. The van der Waals surface area contributed by atoms with E-state index < -0.39 is 0 Å². The number of benzene rings is 2. The van der Waals surface area contributed by atoms with Crippen molar-refractivity contribution < 1.29 is 9.53 Å². The van der Waals surface area contributed by atoms with Crippen LogP contribution in [-0.4, -0.2) is 13.0 Å². The van der Waals surface area contributed by atoms with Gasteiger partial charge in [0.1, 0.15) is 5.75 Å². The first-order chi connectivity index (χ1) is 9.20. The third kappa shape index (κ3) is 3.48. The van der Waals surface area contributed by atoms with E-state index in [0.717, 1.165) is 5.56 Å². The van der Waals surface area contributed by atoms with Crippen molar-refractivity contribution in [1.82, 2.24) is 5.32 Å². The van der Waals surface area contributed by atoms with Crippen LogP contribution in [-0.2, 0) is 6.54 Å². The average molecular weight is 276 g/mol. The highest BCUT2D eigenvalue weighted by Gasteiger charge is 2.07. The lowest BCUT2D eigenvalue weighted by Gasteiger charge is -2.10. The van der Waals surface area contributed by atoms with Crippen LogP contribution < -0.4 is 10.1 Å². The standard InChI is InChI=1S/C15H14ClNO2/c1-19-14-8-7-13(16)9-12(14)10-17-15(18)11-5-3-2-4-6-11/h2-9H,10H2,1H3,(H,17,18). The van der Waals surface area contributed by atoms with E-state index in [1.165, 1.54) is 0 Å². The second-order valence-corrected chi connectivity index (χ2v) is 4.44. The molecule has 98 valence electrons. The van der Waals surface area contributed by atoms with Gasteiger partial charge < -0.3 is 10.1 Å². The van der Waals surface area contributed by atoms with Gasteiger partial charge in [-0.1, -0.05) is 29.8 Å². The highest BCUT2D eigenvalue weighted by Crippen LogP contribution is 2.22. The molecule has 0 aliphatic heterocycles. The lowest BCUT2D eigenvalue weighted by Crippen LogP contribution is -2.22. The minimum atomic E-state index is -0.123. The summed E-state index contributed by atoms with van der Waals surface area (Å²) >= 11 is 5.94. The second-order valence-electron chi connectivity index (χ2n) is 4.00. The fourth-order valence-corrected chi connectivity index (χ4v) is 1.95. The molecular formula is C15H14ClNO2. The van der Waals surface area contributed by atoms with Crippen LogP contribution in [0.4, 0.5) is 0 Å². The van der Waals surface area contributed by atoms with Gasteiger partial charge in [0, 0.05) is 22.7 Å². The molecule has 0 bridgehead atoms. The van der Waals surface area contributed by atoms with Crippen LogP contribution in [0.15, 0.2) is 48.5 Å². The molecule has 0 fully saturated rings. The van der Waals surface area contributed by atoms with Gasteiger partial charge in [-0.3, -0.25) is 4.79 Å². The molecule has 1 N–H and O–H groups in total. The SMILES string of the molecule is COc1ccc(Cl)cc1CNC(=O)c1ccccc1. The second kappa shape index (κ2) is 6.25. The van der Waals surface area contributed by atoms with Crippen LogP contribution >= 0.6 is 11.6 Å². The summed E-state index contributed by atoms with van der Waals surface area (Å²) in [5.41, 5.74) is 1.47. The molecule has 0 saturated carbocycles. The summed E-state index contributed by atoms with van der Waals surface area (Å²) in [5.74, 6) is 0.584. The maximum atomic E-state index is 11.9. The zero-order chi connectivity index (χ0) is 13.7. The molecule has 3 nitrogen and oxygen atoms in total. The first-order valence-corrected chi connectivity index (χ1v) is 6.24. The Kier molecular flexibility index (Phi) is 4.42. The smallest absolute Gasteiger partial charge is 0.251 e. The number of carbonyl (C=O) groups excluding carboxylic acids is 1. The first kappa shape index (κ1) is 13.4. The fraction of sp³-hybridized carbons (Fsp3) is 0.133. The van der Waals surface area contributed by atoms with Crippen molar-refractivity contribution in [2.24, 2.45) is 0 Å². The number of amides is 1. The number of hydrogen-bond donors (Lipinski definition) is 1. The number of ether oxygens (including phenoxy) is 1. The molecule has 2 rings (SSSR count). The highest BCUT2D eigenvalue weighted by atomic mass is 35.5. The van der Waals surface area contributed by atoms with Crippen LogP contribution in [0.25, 0.3) is 0 Å². The van der Waals surface area contributed by atoms with Gasteiger partial charge in [0.15, 0.2) is 0 Å². The summed E-state index contributed by atoms with van der Waals surface area (Å²) in [4.78, 5) is 11.9. The van der Waals surface area contributed by atoms with Gasteiger partial charge in [0.2, 0.25) is 0 Å². The lowest BCUT2D eigenvalue weighted by molar-refractivity contribution is 0.0950. The monoisotopic (exact) mass is 275 g/mol. The number of nitrogens with one attached hydrogen (secondary N) is 1. The van der Waals surface area contributed by atoms with E-state index in [1.807, 2.05) is 18.2 Å². The van der Waals surface area contributed by atoms with Crippen LogP contribution in [0, 0.1) is 0 Å². The maximum Gasteiger partial charge on any atom is 0.251 e. The van der Waals surface area contributed by atoms with Crippen molar-refractivity contribution in [2.75, 3.05) is 7.11 Å². The summed E-state index contributed by atoms with van der Waals surface area (Å²) in [6, 6.07) is 14.4. The molecule has 0 spiro atoms. The van der Waals surface area contributed by atoms with Crippen molar-refractivity contribution >= 4 is 17.5 Å². The molecule has 19 heavy (non-hydrogen) atoms. The molecular weight excluding hydrogens is 262 g/mol. The normalized spacial score (nSPS) is 10.0. The molecule has 1 amide bonds. The molecule has 4 heteroatoms. The van der Waals surface area contributed by atoms with Crippen molar-refractivity contribution in [3.63, 3.8) is 0 Å². The van der Waals surface area contributed by atoms with Gasteiger partial charge in [-0.2, -0.15) is 0 Å². The highest BCUT2D eigenvalue weighted by molar-refractivity contribution is 6.30. The molecule has 0 atom stereocenters. The molecule has 0 aromatic heterocycles. The van der Waals surface area contributed by atoms with Crippen LogP contribution in [0.3, 0.4) is 0 Å². The average Bonchev–Trinajstić information content (AvgIpc) is 2.46. The van der Waals surface area contributed by atoms with Gasteiger partial charge in [0.25, 0.3) is 5.91 Å². The van der Waals surface area contributed by atoms with Crippen molar-refractivity contribution in [2.45, 2.75) is 6.54 Å². The largest absolute Gasteiger partial charge is 0.496 e. The van der Waals surface area contributed by atoms with Crippen LogP contribution in [0.5, 0.6) is 5.75 Å². The summed E-state index contributed by atoms with van der Waals surface area (Å²) in [5, 5.41) is 3.46. The topological polar surface area (TPSA) is 38.3 Å². The fourth-order valence-electron chi connectivity index (χ4n) is 1.75. The Bertz CT molecular complexity index is 570. The Morgan fingerprint density at radius 1 is 1.21 bits per heavy atom. The third-order valence-electron chi connectivity index (χ3n) is 2.72. The van der Waals surface area contributed by atoms with Gasteiger partial charge in [0.05, 0.1) is 7.11 Å². The van der Waals surface area contributed by atoms with E-state index >= 15 is 0 Å². The minimum Gasteiger partial charge on any atom is -0.496 e. The number of halogens is 1. The minimum absolute atomic E-state index is 0.123. The van der Waals surface area contributed by atoms with Gasteiger partial charge in [-0.25, -0.2) is 0 Å². The summed E-state index contributed by atoms with van der Waals surface area (Å²) in [6.45, 7) is 0.372. The first-order valence-electron chi connectivity index (χ1n) is 5.86. The Balaban J connectivity index is 2.07. The Morgan fingerprint density at radius 2 is 1.95 bits per heavy atom. The molecule has 0 saturated heterocycles. The quantitative estimate of drug-likeness (QED) is 0.930. The molecule has 0 radical (unpaired) electrons. The predicted molar refractivity (Wildman–Crippen MR) is 75.6 cm³/mol. The zero-order valence-corrected chi connectivity index (χ0v) is 11.3. The van der Waals surface area contributed by atoms with Crippen molar-refractivity contribution in [1.29, 1.82) is 0 Å². The summed E-state index contributed by atoms with van der Waals surface area (Å²) in [6.07, 6.45) is 0. The van der Waals surface area contributed by atoms with Crippen LogP contribution in [0.2, 0.25) is 5.02 Å². The van der Waals surface area contributed by atoms with E-state index in [1.54, 1.807) is 37.4 Å². The summed E-state index contributed by atoms with van der Waals surface area (Å²) in [7, 11) is 1.59. The van der Waals surface area contributed by atoms with E-state index in [2.05, 4.69) is 5.32 Å². The van der Waals surface area contributed by atoms with E-state index in [4.69, 9.17) is 16.3 Å².